The van der Waals surface area contributed by atoms with E-state index in [-0.39, 0.29) is 30.1 Å². The van der Waals surface area contributed by atoms with Crippen molar-refractivity contribution in [3.8, 4) is 0 Å². The molecule has 2 N–H and O–H groups in total. The van der Waals surface area contributed by atoms with Crippen LogP contribution in [0.25, 0.3) is 0 Å². The summed E-state index contributed by atoms with van der Waals surface area (Å²) in [5.41, 5.74) is 0.722. The van der Waals surface area contributed by atoms with E-state index < -0.39 is 0 Å². The van der Waals surface area contributed by atoms with Crippen molar-refractivity contribution >= 4 is 11.8 Å². The molecule has 3 aliphatic heterocycles. The maximum Gasteiger partial charge on any atom is 0.230 e. The second kappa shape index (κ2) is 11.8. The third kappa shape index (κ3) is 5.35. The molecular weight excluding hydrogens is 552 g/mol. The Bertz CT molecular complexity index is 1090. The molecule has 7 rings (SSSR count). The number of amides is 2. The van der Waals surface area contributed by atoms with Gasteiger partial charge in [0.2, 0.25) is 11.8 Å². The van der Waals surface area contributed by atoms with Crippen LogP contribution in [-0.4, -0.2) is 86.0 Å². The van der Waals surface area contributed by atoms with Gasteiger partial charge in [-0.3, -0.25) is 14.5 Å². The van der Waals surface area contributed by atoms with Crippen molar-refractivity contribution < 1.29 is 19.1 Å². The highest BCUT2D eigenvalue weighted by Gasteiger charge is 2.69. The van der Waals surface area contributed by atoms with E-state index in [0.717, 1.165) is 69.8 Å². The summed E-state index contributed by atoms with van der Waals surface area (Å²) in [6.45, 7) is 15.3. The molecule has 7 aliphatic rings. The normalized spacial score (nSPS) is 49.1. The third-order valence-corrected chi connectivity index (χ3v) is 14.7. The van der Waals surface area contributed by atoms with Gasteiger partial charge in [0.1, 0.15) is 6.42 Å². The average Bonchev–Trinajstić information content (AvgIpc) is 3.44. The van der Waals surface area contributed by atoms with E-state index in [1.165, 1.54) is 44.9 Å². The second-order valence-corrected chi connectivity index (χ2v) is 17.1. The second-order valence-electron chi connectivity index (χ2n) is 17.1. The number of rotatable bonds is 5. The van der Waals surface area contributed by atoms with Crippen molar-refractivity contribution in [2.45, 2.75) is 116 Å². The SMILES string of the molecule is C[C@H]1CC[C@@]2(OC1)O[C@H]1C[C@H]3[C@@H]4CC[C@@H]5C[C@@H](NC(=O)CC(=O)NCN6CCN(C)CC6)CC[C@]5(C)[C@H]4CC[C@]3(C)[C@H]1[C@@H]2C. The van der Waals surface area contributed by atoms with Gasteiger partial charge in [-0.25, -0.2) is 0 Å². The summed E-state index contributed by atoms with van der Waals surface area (Å²) < 4.78 is 13.5. The average molecular weight is 613 g/mol. The largest absolute Gasteiger partial charge is 0.353 e. The van der Waals surface area contributed by atoms with Crippen molar-refractivity contribution in [1.29, 1.82) is 0 Å². The molecule has 1 spiro atoms. The molecule has 4 saturated carbocycles. The Labute approximate surface area is 266 Å². The van der Waals surface area contributed by atoms with Crippen molar-refractivity contribution in [3.63, 3.8) is 0 Å². The zero-order valence-electron chi connectivity index (χ0n) is 28.2. The summed E-state index contributed by atoms with van der Waals surface area (Å²) in [7, 11) is 2.13. The first-order valence-electron chi connectivity index (χ1n) is 18.3. The van der Waals surface area contributed by atoms with E-state index in [1.54, 1.807) is 0 Å². The third-order valence-electron chi connectivity index (χ3n) is 14.7. The number of carbonyl (C=O) groups is 2. The molecule has 0 aromatic carbocycles. The number of likely N-dealkylation sites (N-methyl/N-ethyl adjacent to an activating group) is 1. The molecule has 2 amide bonds. The van der Waals surface area contributed by atoms with Gasteiger partial charge in [-0.2, -0.15) is 0 Å². The molecule has 8 heteroatoms. The molecule has 3 heterocycles. The van der Waals surface area contributed by atoms with E-state index >= 15 is 0 Å². The molecule has 7 fully saturated rings. The fraction of sp³-hybridized carbons (Fsp3) is 0.944. The van der Waals surface area contributed by atoms with Crippen LogP contribution >= 0.6 is 0 Å². The first-order valence-corrected chi connectivity index (χ1v) is 18.3. The lowest BCUT2D eigenvalue weighted by Gasteiger charge is -2.61. The van der Waals surface area contributed by atoms with Crippen molar-refractivity contribution in [2.75, 3.05) is 46.5 Å². The van der Waals surface area contributed by atoms with Crippen LogP contribution < -0.4 is 10.6 Å². The van der Waals surface area contributed by atoms with Crippen LogP contribution in [0.2, 0.25) is 0 Å². The van der Waals surface area contributed by atoms with Crippen LogP contribution in [0.5, 0.6) is 0 Å². The van der Waals surface area contributed by atoms with Crippen LogP contribution in [0, 0.1) is 52.3 Å². The lowest BCUT2D eigenvalue weighted by atomic mass is 9.44. The molecule has 0 unspecified atom stereocenters. The van der Waals surface area contributed by atoms with Gasteiger partial charge in [0.25, 0.3) is 0 Å². The molecule has 0 aromatic heterocycles. The van der Waals surface area contributed by atoms with E-state index in [2.05, 4.69) is 55.2 Å². The number of hydrogen-bond donors (Lipinski definition) is 2. The van der Waals surface area contributed by atoms with Gasteiger partial charge in [0, 0.05) is 44.6 Å². The number of ether oxygens (including phenoxy) is 2. The van der Waals surface area contributed by atoms with Gasteiger partial charge in [0.05, 0.1) is 19.4 Å². The minimum Gasteiger partial charge on any atom is -0.353 e. The number of nitrogens with one attached hydrogen (secondary N) is 2. The molecule has 3 saturated heterocycles. The Morgan fingerprint density at radius 3 is 2.39 bits per heavy atom. The maximum atomic E-state index is 12.9. The highest BCUT2D eigenvalue weighted by molar-refractivity contribution is 5.96. The number of hydrogen-bond acceptors (Lipinski definition) is 6. The molecule has 248 valence electrons. The number of nitrogens with zero attached hydrogens (tertiary/aromatic N) is 2. The van der Waals surface area contributed by atoms with Crippen molar-refractivity contribution in [3.05, 3.63) is 0 Å². The molecule has 4 aliphatic carbocycles. The Morgan fingerprint density at radius 2 is 1.64 bits per heavy atom. The molecule has 0 radical (unpaired) electrons. The molecule has 44 heavy (non-hydrogen) atoms. The van der Waals surface area contributed by atoms with Crippen molar-refractivity contribution in [1.82, 2.24) is 20.4 Å². The first-order chi connectivity index (χ1) is 21.0. The van der Waals surface area contributed by atoms with E-state index in [4.69, 9.17) is 9.47 Å². The number of piperazine rings is 1. The standard InChI is InChI=1S/C36H60N4O4/c1-23-8-13-36(43-21-23)24(2)33-30(44-36)19-29-27-7-6-25-18-26(9-11-34(25,3)28(27)10-12-35(29,33)4)38-32(42)20-31(41)37-22-40-16-14-39(5)15-17-40/h23-30,33H,6-22H2,1-5H3,(H,37,41)(H,38,42)/t23-,24-,25+,26-,27+,28-,29-,30-,33-,34-,35-,36+/m0/s1. The smallest absolute Gasteiger partial charge is 0.230 e. The van der Waals surface area contributed by atoms with Gasteiger partial charge in [0.15, 0.2) is 5.79 Å². The monoisotopic (exact) mass is 612 g/mol. The fourth-order valence-electron chi connectivity index (χ4n) is 12.1. The van der Waals surface area contributed by atoms with Gasteiger partial charge in [-0.1, -0.05) is 27.7 Å². The van der Waals surface area contributed by atoms with E-state index in [1.807, 2.05) is 0 Å². The lowest BCUT2D eigenvalue weighted by Crippen LogP contribution is -2.56. The van der Waals surface area contributed by atoms with Crippen LogP contribution in [0.15, 0.2) is 0 Å². The predicted molar refractivity (Wildman–Crippen MR) is 170 cm³/mol. The minimum absolute atomic E-state index is 0.0642. The van der Waals surface area contributed by atoms with Gasteiger partial charge >= 0.3 is 0 Å². The quantitative estimate of drug-likeness (QED) is 0.441. The lowest BCUT2D eigenvalue weighted by molar-refractivity contribution is -0.273. The summed E-state index contributed by atoms with van der Waals surface area (Å²) in [5.74, 6) is 4.15. The molecule has 0 aromatic rings. The van der Waals surface area contributed by atoms with Crippen LogP contribution in [-0.2, 0) is 19.1 Å². The molecular formula is C36H60N4O4. The van der Waals surface area contributed by atoms with Gasteiger partial charge in [-0.15, -0.1) is 0 Å². The first kappa shape index (κ1) is 31.4. The Morgan fingerprint density at radius 1 is 0.864 bits per heavy atom. The number of fused-ring (bicyclic) bond motifs is 7. The molecule has 12 atom stereocenters. The van der Waals surface area contributed by atoms with Crippen LogP contribution in [0.4, 0.5) is 0 Å². The number of carbonyl (C=O) groups excluding carboxylic acids is 2. The zero-order chi connectivity index (χ0) is 30.9. The molecule has 8 nitrogen and oxygen atoms in total. The summed E-state index contributed by atoms with van der Waals surface area (Å²) in [6, 6.07) is 0.200. The van der Waals surface area contributed by atoms with Crippen LogP contribution in [0.1, 0.15) is 98.3 Å². The van der Waals surface area contributed by atoms with Gasteiger partial charge in [-0.05, 0) is 111 Å². The Kier molecular flexibility index (Phi) is 8.41. The Balaban J connectivity index is 0.927. The summed E-state index contributed by atoms with van der Waals surface area (Å²) in [4.78, 5) is 30.0. The highest BCUT2D eigenvalue weighted by atomic mass is 16.7. The van der Waals surface area contributed by atoms with Crippen LogP contribution in [0.3, 0.4) is 0 Å². The predicted octanol–water partition coefficient (Wildman–Crippen LogP) is 4.63. The summed E-state index contributed by atoms with van der Waals surface area (Å²) in [5, 5.41) is 6.24. The molecule has 0 bridgehead atoms. The zero-order valence-corrected chi connectivity index (χ0v) is 28.2. The van der Waals surface area contributed by atoms with Gasteiger partial charge < -0.3 is 25.0 Å². The minimum atomic E-state index is -0.329. The highest BCUT2D eigenvalue weighted by Crippen LogP contribution is 2.71. The Hall–Kier alpha value is -1.22. The summed E-state index contributed by atoms with van der Waals surface area (Å²) >= 11 is 0. The maximum absolute atomic E-state index is 12.9. The van der Waals surface area contributed by atoms with E-state index in [0.29, 0.717) is 47.3 Å². The fourth-order valence-corrected chi connectivity index (χ4v) is 12.1. The van der Waals surface area contributed by atoms with Crippen molar-refractivity contribution in [2.24, 2.45) is 52.3 Å². The van der Waals surface area contributed by atoms with E-state index in [9.17, 15) is 9.59 Å². The summed E-state index contributed by atoms with van der Waals surface area (Å²) in [6.07, 6.45) is 12.4. The topological polar surface area (TPSA) is 83.1 Å².